The zero-order valence-corrected chi connectivity index (χ0v) is 12.0. The first kappa shape index (κ1) is 14.0. The van der Waals surface area contributed by atoms with Crippen molar-refractivity contribution in [1.29, 1.82) is 0 Å². The smallest absolute Gasteiger partial charge is 0.140 e. The number of aromatic nitrogens is 1. The molecule has 0 amide bonds. The fourth-order valence-corrected chi connectivity index (χ4v) is 2.07. The monoisotopic (exact) mass is 324 g/mol. The van der Waals surface area contributed by atoms with E-state index in [1.807, 2.05) is 19.1 Å². The van der Waals surface area contributed by atoms with Gasteiger partial charge >= 0.3 is 0 Å². The van der Waals surface area contributed by atoms with Gasteiger partial charge in [-0.15, -0.1) is 0 Å². The molecule has 0 aliphatic carbocycles. The number of rotatable bonds is 4. The quantitative estimate of drug-likeness (QED) is 0.937. The van der Waals surface area contributed by atoms with Gasteiger partial charge in [-0.1, -0.05) is 6.07 Å². The maximum absolute atomic E-state index is 13.3. The van der Waals surface area contributed by atoms with Gasteiger partial charge in [0.2, 0.25) is 0 Å². The molecule has 2 atom stereocenters. The lowest BCUT2D eigenvalue weighted by Crippen LogP contribution is -2.29. The molecule has 5 heteroatoms. The van der Waals surface area contributed by atoms with Crippen molar-refractivity contribution in [2.45, 2.75) is 19.1 Å². The predicted octanol–water partition coefficient (Wildman–Crippen LogP) is 3.45. The molecular weight excluding hydrogens is 311 g/mol. The van der Waals surface area contributed by atoms with Gasteiger partial charge in [-0.05, 0) is 41.1 Å². The maximum Gasteiger partial charge on any atom is 0.140 e. The molecule has 2 N–H and O–H groups in total. The Kier molecular flexibility index (Phi) is 4.50. The van der Waals surface area contributed by atoms with E-state index in [0.717, 1.165) is 5.56 Å². The zero-order chi connectivity index (χ0) is 13.8. The standard InChI is InChI=1S/C14H14BrFN2O/c1-9(17)14(10-3-2-6-18-8-10)19-13-7-11(16)4-5-12(13)15/h2-9,14H,17H2,1H3. The summed E-state index contributed by atoms with van der Waals surface area (Å²) in [6, 6.07) is 7.74. The summed E-state index contributed by atoms with van der Waals surface area (Å²) < 4.78 is 19.8. The summed E-state index contributed by atoms with van der Waals surface area (Å²) in [5, 5.41) is 0. The van der Waals surface area contributed by atoms with Crippen LogP contribution in [0.3, 0.4) is 0 Å². The van der Waals surface area contributed by atoms with Crippen molar-refractivity contribution in [2.24, 2.45) is 5.73 Å². The average Bonchev–Trinajstić information content (AvgIpc) is 2.40. The number of halogens is 2. The van der Waals surface area contributed by atoms with E-state index in [1.165, 1.54) is 12.1 Å². The highest BCUT2D eigenvalue weighted by Crippen LogP contribution is 2.31. The Morgan fingerprint density at radius 3 is 2.79 bits per heavy atom. The average molecular weight is 325 g/mol. The van der Waals surface area contributed by atoms with Gasteiger partial charge in [0.05, 0.1) is 4.47 Å². The fraction of sp³-hybridized carbons (Fsp3) is 0.214. The summed E-state index contributed by atoms with van der Waals surface area (Å²) in [6.07, 6.45) is 2.99. The van der Waals surface area contributed by atoms with Crippen LogP contribution in [0.15, 0.2) is 47.2 Å². The number of hydrogen-bond donors (Lipinski definition) is 1. The molecule has 1 aromatic heterocycles. The summed E-state index contributed by atoms with van der Waals surface area (Å²) in [4.78, 5) is 4.05. The molecule has 0 spiro atoms. The van der Waals surface area contributed by atoms with Gasteiger partial charge in [-0.25, -0.2) is 4.39 Å². The Hall–Kier alpha value is -1.46. The zero-order valence-electron chi connectivity index (χ0n) is 10.4. The molecule has 2 rings (SSSR count). The van der Waals surface area contributed by atoms with Crippen molar-refractivity contribution in [1.82, 2.24) is 4.98 Å². The molecule has 0 radical (unpaired) electrons. The minimum atomic E-state index is -0.383. The van der Waals surface area contributed by atoms with Crippen molar-refractivity contribution in [2.75, 3.05) is 0 Å². The second-order valence-electron chi connectivity index (χ2n) is 4.26. The fourth-order valence-electron chi connectivity index (χ4n) is 1.73. The van der Waals surface area contributed by atoms with Gasteiger partial charge in [-0.3, -0.25) is 4.98 Å². The first-order valence-electron chi connectivity index (χ1n) is 5.85. The second-order valence-corrected chi connectivity index (χ2v) is 5.11. The molecule has 0 aliphatic rings. The van der Waals surface area contributed by atoms with Gasteiger partial charge < -0.3 is 10.5 Å². The Balaban J connectivity index is 2.29. The van der Waals surface area contributed by atoms with E-state index in [2.05, 4.69) is 20.9 Å². The van der Waals surface area contributed by atoms with E-state index in [9.17, 15) is 4.39 Å². The third-order valence-electron chi connectivity index (χ3n) is 2.64. The van der Waals surface area contributed by atoms with Crippen molar-refractivity contribution in [3.8, 4) is 5.75 Å². The van der Waals surface area contributed by atoms with E-state index >= 15 is 0 Å². The van der Waals surface area contributed by atoms with Gasteiger partial charge in [0.15, 0.2) is 0 Å². The molecule has 1 heterocycles. The number of pyridine rings is 1. The van der Waals surface area contributed by atoms with Crippen LogP contribution in [-0.2, 0) is 0 Å². The Morgan fingerprint density at radius 2 is 2.16 bits per heavy atom. The number of ether oxygens (including phenoxy) is 1. The molecule has 19 heavy (non-hydrogen) atoms. The summed E-state index contributed by atoms with van der Waals surface area (Å²) in [6.45, 7) is 1.84. The lowest BCUT2D eigenvalue weighted by molar-refractivity contribution is 0.178. The second kappa shape index (κ2) is 6.12. The lowest BCUT2D eigenvalue weighted by Gasteiger charge is -2.23. The van der Waals surface area contributed by atoms with E-state index in [1.54, 1.807) is 18.5 Å². The van der Waals surface area contributed by atoms with Gasteiger partial charge in [0.1, 0.15) is 17.7 Å². The van der Waals surface area contributed by atoms with Crippen LogP contribution in [0, 0.1) is 5.82 Å². The van der Waals surface area contributed by atoms with Crippen LogP contribution >= 0.6 is 15.9 Å². The topological polar surface area (TPSA) is 48.1 Å². The third-order valence-corrected chi connectivity index (χ3v) is 3.29. The normalized spacial score (nSPS) is 13.9. The molecular formula is C14H14BrFN2O. The number of nitrogens with zero attached hydrogens (tertiary/aromatic N) is 1. The van der Waals surface area contributed by atoms with Crippen molar-refractivity contribution in [3.05, 3.63) is 58.6 Å². The highest BCUT2D eigenvalue weighted by molar-refractivity contribution is 9.10. The third kappa shape index (κ3) is 3.52. The van der Waals surface area contributed by atoms with E-state index < -0.39 is 0 Å². The highest BCUT2D eigenvalue weighted by Gasteiger charge is 2.19. The summed E-state index contributed by atoms with van der Waals surface area (Å²) in [7, 11) is 0. The first-order chi connectivity index (χ1) is 9.08. The van der Waals surface area contributed by atoms with Crippen LogP contribution in [0.4, 0.5) is 4.39 Å². The molecule has 1 aromatic carbocycles. The van der Waals surface area contributed by atoms with Crippen LogP contribution < -0.4 is 10.5 Å². The molecule has 0 saturated heterocycles. The molecule has 2 unspecified atom stereocenters. The van der Waals surface area contributed by atoms with E-state index in [-0.39, 0.29) is 18.0 Å². The van der Waals surface area contributed by atoms with Crippen LogP contribution in [0.25, 0.3) is 0 Å². The first-order valence-corrected chi connectivity index (χ1v) is 6.64. The number of benzene rings is 1. The highest BCUT2D eigenvalue weighted by atomic mass is 79.9. The van der Waals surface area contributed by atoms with Crippen LogP contribution in [0.2, 0.25) is 0 Å². The van der Waals surface area contributed by atoms with Crippen LogP contribution in [-0.4, -0.2) is 11.0 Å². The number of hydrogen-bond acceptors (Lipinski definition) is 3. The molecule has 0 saturated carbocycles. The summed E-state index contributed by atoms with van der Waals surface area (Å²) in [5.41, 5.74) is 6.80. The van der Waals surface area contributed by atoms with Crippen molar-refractivity contribution in [3.63, 3.8) is 0 Å². The van der Waals surface area contributed by atoms with Crippen molar-refractivity contribution < 1.29 is 9.13 Å². The summed E-state index contributed by atoms with van der Waals surface area (Å²) >= 11 is 3.33. The SMILES string of the molecule is CC(N)C(Oc1cc(F)ccc1Br)c1cccnc1. The van der Waals surface area contributed by atoms with Crippen LogP contribution in [0.5, 0.6) is 5.75 Å². The molecule has 0 fully saturated rings. The maximum atomic E-state index is 13.3. The Morgan fingerprint density at radius 1 is 1.37 bits per heavy atom. The molecule has 0 bridgehead atoms. The van der Waals surface area contributed by atoms with E-state index in [0.29, 0.717) is 10.2 Å². The van der Waals surface area contributed by atoms with Crippen LogP contribution in [0.1, 0.15) is 18.6 Å². The molecule has 3 nitrogen and oxygen atoms in total. The minimum absolute atomic E-state index is 0.251. The largest absolute Gasteiger partial charge is 0.483 e. The molecule has 2 aromatic rings. The minimum Gasteiger partial charge on any atom is -0.483 e. The summed E-state index contributed by atoms with van der Waals surface area (Å²) in [5.74, 6) is 0.0685. The van der Waals surface area contributed by atoms with Gasteiger partial charge in [-0.2, -0.15) is 0 Å². The lowest BCUT2D eigenvalue weighted by atomic mass is 10.1. The Bertz CT molecular complexity index is 548. The van der Waals surface area contributed by atoms with E-state index in [4.69, 9.17) is 10.5 Å². The Labute approximate surface area is 119 Å². The molecule has 0 aliphatic heterocycles. The van der Waals surface area contributed by atoms with Gasteiger partial charge in [0, 0.05) is 30.1 Å². The molecule has 100 valence electrons. The predicted molar refractivity (Wildman–Crippen MR) is 75.4 cm³/mol. The number of nitrogens with two attached hydrogens (primary N) is 1. The van der Waals surface area contributed by atoms with Gasteiger partial charge in [0.25, 0.3) is 0 Å². The van der Waals surface area contributed by atoms with Crippen molar-refractivity contribution >= 4 is 15.9 Å².